The first-order chi connectivity index (χ1) is 14.3. The summed E-state index contributed by atoms with van der Waals surface area (Å²) >= 11 is 0. The molecule has 2 N–H and O–H groups in total. The van der Waals surface area contributed by atoms with Gasteiger partial charge in [0, 0.05) is 41.6 Å². The molecular weight excluding hydrogens is 398 g/mol. The Morgan fingerprint density at radius 2 is 1.70 bits per heavy atom. The Balaban J connectivity index is 1.82. The third-order valence-electron chi connectivity index (χ3n) is 3.71. The van der Waals surface area contributed by atoms with E-state index in [9.17, 15) is 24.5 Å². The third-order valence-corrected chi connectivity index (χ3v) is 3.71. The second-order valence-electron chi connectivity index (χ2n) is 5.80. The fraction of sp³-hybridized carbons (Fsp3) is 0.211. The molecule has 0 radical (unpaired) electrons. The summed E-state index contributed by atoms with van der Waals surface area (Å²) in [7, 11) is 2.92. The maximum atomic E-state index is 12.0. The molecule has 0 saturated carbocycles. The number of nitro benzene ring substituents is 1. The first kappa shape index (κ1) is 22.1. The molecule has 0 aliphatic heterocycles. The lowest BCUT2D eigenvalue weighted by Gasteiger charge is -2.10. The normalized spacial score (nSPS) is 9.93. The van der Waals surface area contributed by atoms with Crippen molar-refractivity contribution in [3.63, 3.8) is 0 Å². The highest BCUT2D eigenvalue weighted by Crippen LogP contribution is 2.25. The Labute approximate surface area is 171 Å². The number of carbonyl (C=O) groups is 3. The van der Waals surface area contributed by atoms with Gasteiger partial charge in [0.1, 0.15) is 18.0 Å². The van der Waals surface area contributed by atoms with E-state index in [0.29, 0.717) is 17.2 Å². The number of anilines is 1. The smallest absolute Gasteiger partial charge is 0.325 e. The summed E-state index contributed by atoms with van der Waals surface area (Å²) in [5.74, 6) is -1.23. The van der Waals surface area contributed by atoms with Gasteiger partial charge in [-0.05, 0) is 6.07 Å². The summed E-state index contributed by atoms with van der Waals surface area (Å²) in [5.41, 5.74) is 0.143. The van der Waals surface area contributed by atoms with Crippen molar-refractivity contribution in [2.75, 3.05) is 32.7 Å². The largest absolute Gasteiger partial charge is 0.497 e. The average Bonchev–Trinajstić information content (AvgIpc) is 2.75. The van der Waals surface area contributed by atoms with Crippen molar-refractivity contribution >= 4 is 29.2 Å². The first-order valence-electron chi connectivity index (χ1n) is 8.53. The van der Waals surface area contributed by atoms with Crippen LogP contribution in [0.3, 0.4) is 0 Å². The predicted octanol–water partition coefficient (Wildman–Crippen LogP) is 1.52. The Morgan fingerprint density at radius 1 is 1.03 bits per heavy atom. The number of esters is 1. The summed E-state index contributed by atoms with van der Waals surface area (Å²) in [5, 5.41) is 15.5. The molecule has 2 aromatic rings. The fourth-order valence-electron chi connectivity index (χ4n) is 2.29. The molecule has 0 aliphatic carbocycles. The van der Waals surface area contributed by atoms with Crippen molar-refractivity contribution in [3.8, 4) is 11.5 Å². The summed E-state index contributed by atoms with van der Waals surface area (Å²) in [6, 6.07) is 9.77. The molecule has 0 fully saturated rings. The van der Waals surface area contributed by atoms with Crippen molar-refractivity contribution in [3.05, 3.63) is 58.1 Å². The maximum absolute atomic E-state index is 12.0. The van der Waals surface area contributed by atoms with Crippen molar-refractivity contribution < 1.29 is 33.5 Å². The number of amides is 2. The highest BCUT2D eigenvalue weighted by Gasteiger charge is 2.14. The molecule has 0 aliphatic rings. The molecule has 2 rings (SSSR count). The molecule has 11 nitrogen and oxygen atoms in total. The second kappa shape index (κ2) is 10.4. The van der Waals surface area contributed by atoms with Gasteiger partial charge in [0.2, 0.25) is 0 Å². The summed E-state index contributed by atoms with van der Waals surface area (Å²) < 4.78 is 15.0. The van der Waals surface area contributed by atoms with Gasteiger partial charge in [-0.1, -0.05) is 6.07 Å². The van der Waals surface area contributed by atoms with Gasteiger partial charge in [0.25, 0.3) is 17.5 Å². The zero-order valence-corrected chi connectivity index (χ0v) is 16.2. The van der Waals surface area contributed by atoms with Gasteiger partial charge < -0.3 is 24.8 Å². The number of benzene rings is 2. The molecule has 0 heterocycles. The van der Waals surface area contributed by atoms with Crippen LogP contribution in [0.1, 0.15) is 10.4 Å². The molecule has 11 heteroatoms. The third kappa shape index (κ3) is 6.48. The van der Waals surface area contributed by atoms with Gasteiger partial charge in [0.15, 0.2) is 6.61 Å². The van der Waals surface area contributed by atoms with Crippen LogP contribution in [-0.2, 0) is 14.3 Å². The van der Waals surface area contributed by atoms with E-state index in [2.05, 4.69) is 10.6 Å². The van der Waals surface area contributed by atoms with Gasteiger partial charge in [-0.15, -0.1) is 0 Å². The number of carbonyl (C=O) groups excluding carboxylic acids is 3. The lowest BCUT2D eigenvalue weighted by molar-refractivity contribution is -0.384. The van der Waals surface area contributed by atoms with Crippen LogP contribution in [-0.4, -0.2) is 50.1 Å². The monoisotopic (exact) mass is 417 g/mol. The lowest BCUT2D eigenvalue weighted by Crippen LogP contribution is -2.32. The minimum absolute atomic E-state index is 0.0155. The van der Waals surface area contributed by atoms with E-state index in [4.69, 9.17) is 14.2 Å². The number of non-ortho nitro benzene ring substituents is 1. The van der Waals surface area contributed by atoms with Gasteiger partial charge in [-0.3, -0.25) is 24.5 Å². The van der Waals surface area contributed by atoms with Crippen LogP contribution in [0.4, 0.5) is 11.4 Å². The summed E-state index contributed by atoms with van der Waals surface area (Å²) in [6.45, 7) is -1.09. The number of hydrogen-bond donors (Lipinski definition) is 2. The van der Waals surface area contributed by atoms with Crippen LogP contribution in [0.5, 0.6) is 11.5 Å². The van der Waals surface area contributed by atoms with Crippen LogP contribution >= 0.6 is 0 Å². The molecule has 158 valence electrons. The molecule has 30 heavy (non-hydrogen) atoms. The topological polar surface area (TPSA) is 146 Å². The molecular formula is C19H19N3O8. The van der Waals surface area contributed by atoms with Crippen molar-refractivity contribution in [1.82, 2.24) is 5.32 Å². The number of nitro groups is 1. The number of nitrogens with one attached hydrogen (secondary N) is 2. The molecule has 0 saturated heterocycles. The van der Waals surface area contributed by atoms with Crippen LogP contribution in [0, 0.1) is 10.1 Å². The highest BCUT2D eigenvalue weighted by atomic mass is 16.6. The van der Waals surface area contributed by atoms with Crippen molar-refractivity contribution in [2.24, 2.45) is 0 Å². The van der Waals surface area contributed by atoms with Gasteiger partial charge >= 0.3 is 5.97 Å². The van der Waals surface area contributed by atoms with E-state index in [-0.39, 0.29) is 11.3 Å². The zero-order chi connectivity index (χ0) is 22.1. The van der Waals surface area contributed by atoms with Crippen molar-refractivity contribution in [2.45, 2.75) is 0 Å². The molecule has 2 aromatic carbocycles. The van der Waals surface area contributed by atoms with Crippen LogP contribution in [0.25, 0.3) is 0 Å². The van der Waals surface area contributed by atoms with E-state index in [0.717, 1.165) is 6.07 Å². The summed E-state index contributed by atoms with van der Waals surface area (Å²) in [4.78, 5) is 45.8. The molecule has 0 atom stereocenters. The quantitative estimate of drug-likeness (QED) is 0.355. The van der Waals surface area contributed by atoms with Gasteiger partial charge in [-0.2, -0.15) is 0 Å². The average molecular weight is 417 g/mol. The number of ether oxygens (including phenoxy) is 3. The Morgan fingerprint density at radius 3 is 2.30 bits per heavy atom. The molecule has 0 unspecified atom stereocenters. The first-order valence-corrected chi connectivity index (χ1v) is 8.53. The molecule has 0 aromatic heterocycles. The Bertz CT molecular complexity index is 938. The number of methoxy groups -OCH3 is 2. The van der Waals surface area contributed by atoms with Gasteiger partial charge in [0.05, 0.1) is 19.1 Å². The van der Waals surface area contributed by atoms with Crippen LogP contribution in [0.2, 0.25) is 0 Å². The van der Waals surface area contributed by atoms with Gasteiger partial charge in [-0.25, -0.2) is 0 Å². The Kier molecular flexibility index (Phi) is 7.68. The minimum atomic E-state index is -0.854. The van der Waals surface area contributed by atoms with E-state index in [1.165, 1.54) is 32.4 Å². The van der Waals surface area contributed by atoms with E-state index in [1.807, 2.05) is 0 Å². The molecule has 2 amide bonds. The molecule has 0 bridgehead atoms. The number of hydrogen-bond acceptors (Lipinski definition) is 8. The maximum Gasteiger partial charge on any atom is 0.325 e. The predicted molar refractivity (Wildman–Crippen MR) is 105 cm³/mol. The van der Waals surface area contributed by atoms with Crippen LogP contribution in [0.15, 0.2) is 42.5 Å². The fourth-order valence-corrected chi connectivity index (χ4v) is 2.29. The summed E-state index contributed by atoms with van der Waals surface area (Å²) in [6.07, 6.45) is 0. The Hall–Kier alpha value is -4.15. The van der Waals surface area contributed by atoms with Crippen molar-refractivity contribution in [1.29, 1.82) is 0 Å². The second-order valence-corrected chi connectivity index (χ2v) is 5.80. The lowest BCUT2D eigenvalue weighted by atomic mass is 10.2. The van der Waals surface area contributed by atoms with E-state index >= 15 is 0 Å². The highest BCUT2D eigenvalue weighted by molar-refractivity contribution is 5.97. The van der Waals surface area contributed by atoms with Crippen LogP contribution < -0.4 is 20.1 Å². The van der Waals surface area contributed by atoms with E-state index < -0.39 is 35.9 Å². The minimum Gasteiger partial charge on any atom is -0.497 e. The number of rotatable bonds is 9. The van der Waals surface area contributed by atoms with E-state index in [1.54, 1.807) is 18.2 Å². The standard InChI is InChI=1S/C19H19N3O8/c1-28-15-7-13(8-16(9-15)29-2)21-17(23)11-30-18(24)10-20-19(25)12-4-3-5-14(6-12)22(26)27/h3-9H,10-11H2,1-2H3,(H,20,25)(H,21,23). The zero-order valence-electron chi connectivity index (χ0n) is 16.2. The number of nitrogens with zero attached hydrogens (tertiary/aromatic N) is 1. The SMILES string of the molecule is COc1cc(NC(=O)COC(=O)CNC(=O)c2cccc([N+](=O)[O-])c2)cc(OC)c1. The molecule has 0 spiro atoms.